The number of fused-ring (bicyclic) bond motifs is 1. The molecule has 1 aromatic heterocycles. The van der Waals surface area contributed by atoms with Crippen molar-refractivity contribution in [2.45, 2.75) is 0 Å². The van der Waals surface area contributed by atoms with Crippen molar-refractivity contribution in [1.29, 1.82) is 0 Å². The molecule has 0 aliphatic carbocycles. The Morgan fingerprint density at radius 2 is 2.00 bits per heavy atom. The van der Waals surface area contributed by atoms with Gasteiger partial charge in [0.15, 0.2) is 5.43 Å². The summed E-state index contributed by atoms with van der Waals surface area (Å²) in [6.45, 7) is 7.32. The number of aromatic nitrogens is 1. The summed E-state index contributed by atoms with van der Waals surface area (Å²) in [6.07, 6.45) is 4.97. The van der Waals surface area contributed by atoms with Crippen molar-refractivity contribution in [3.05, 3.63) is 77.1 Å². The fraction of sp³-hybridized carbons (Fsp3) is 0. The van der Waals surface area contributed by atoms with E-state index < -0.39 is 5.24 Å². The second kappa shape index (κ2) is 5.72. The molecule has 3 nitrogen and oxygen atoms in total. The topological polar surface area (TPSA) is 49.9 Å². The molecule has 0 atom stereocenters. The molecule has 0 aliphatic heterocycles. The second-order valence-corrected chi connectivity index (χ2v) is 4.49. The maximum Gasteiger partial charge on any atom is 0.252 e. The first-order valence-electron chi connectivity index (χ1n) is 5.89. The van der Waals surface area contributed by atoms with E-state index in [1.807, 2.05) is 0 Å². The minimum absolute atomic E-state index is 0.140. The highest BCUT2D eigenvalue weighted by molar-refractivity contribution is 6.67. The molecule has 0 saturated carbocycles. The van der Waals surface area contributed by atoms with Crippen molar-refractivity contribution >= 4 is 33.3 Å². The number of H-pyrrole nitrogens is 1. The first-order valence-corrected chi connectivity index (χ1v) is 6.27. The van der Waals surface area contributed by atoms with E-state index in [0.29, 0.717) is 22.2 Å². The number of pyridine rings is 1. The second-order valence-electron chi connectivity index (χ2n) is 4.14. The van der Waals surface area contributed by atoms with E-state index >= 15 is 0 Å². The maximum atomic E-state index is 12.1. The van der Waals surface area contributed by atoms with E-state index in [-0.39, 0.29) is 5.43 Å². The fourth-order valence-corrected chi connectivity index (χ4v) is 2.04. The molecular weight excluding hydrogens is 274 g/mol. The van der Waals surface area contributed by atoms with Gasteiger partial charge in [0, 0.05) is 22.7 Å². The standard InChI is InChI=1S/C16H12ClNO2/c1-3-5-10(4-2)13-9-15(19)12-7-6-11(16(17)20)8-14(12)18-13/h3-9H,1-2H2,(H,18,19)/b10-5+. The molecule has 0 bridgehead atoms. The lowest BCUT2D eigenvalue weighted by atomic mass is 10.1. The monoisotopic (exact) mass is 285 g/mol. The zero-order valence-corrected chi connectivity index (χ0v) is 11.4. The van der Waals surface area contributed by atoms with E-state index in [9.17, 15) is 9.59 Å². The lowest BCUT2D eigenvalue weighted by Crippen LogP contribution is -2.05. The van der Waals surface area contributed by atoms with Gasteiger partial charge < -0.3 is 4.98 Å². The highest BCUT2D eigenvalue weighted by Crippen LogP contribution is 2.17. The molecule has 1 heterocycles. The van der Waals surface area contributed by atoms with Gasteiger partial charge in [-0.3, -0.25) is 9.59 Å². The normalized spacial score (nSPS) is 11.3. The maximum absolute atomic E-state index is 12.1. The van der Waals surface area contributed by atoms with Gasteiger partial charge in [-0.2, -0.15) is 0 Å². The van der Waals surface area contributed by atoms with Crippen LogP contribution in [-0.2, 0) is 0 Å². The van der Waals surface area contributed by atoms with E-state index in [2.05, 4.69) is 18.1 Å². The molecule has 0 aliphatic rings. The lowest BCUT2D eigenvalue weighted by molar-refractivity contribution is 0.108. The van der Waals surface area contributed by atoms with Crippen LogP contribution in [0.15, 0.2) is 60.4 Å². The van der Waals surface area contributed by atoms with Gasteiger partial charge in [0.05, 0.1) is 5.52 Å². The first-order chi connectivity index (χ1) is 9.56. The van der Waals surface area contributed by atoms with Gasteiger partial charge in [-0.25, -0.2) is 0 Å². The quantitative estimate of drug-likeness (QED) is 0.688. The number of carbonyl (C=O) groups excluding carboxylic acids is 1. The molecule has 0 saturated heterocycles. The third-order valence-electron chi connectivity index (χ3n) is 2.89. The predicted octanol–water partition coefficient (Wildman–Crippen LogP) is 3.66. The van der Waals surface area contributed by atoms with Crippen LogP contribution >= 0.6 is 11.6 Å². The molecule has 1 N–H and O–H groups in total. The molecule has 2 aromatic rings. The molecule has 0 radical (unpaired) electrons. The molecule has 0 fully saturated rings. The lowest BCUT2D eigenvalue weighted by Gasteiger charge is -2.05. The summed E-state index contributed by atoms with van der Waals surface area (Å²) in [4.78, 5) is 26.4. The fourth-order valence-electron chi connectivity index (χ4n) is 1.93. The van der Waals surface area contributed by atoms with Crippen molar-refractivity contribution in [2.75, 3.05) is 0 Å². The van der Waals surface area contributed by atoms with Crippen molar-refractivity contribution in [3.8, 4) is 0 Å². The Balaban J connectivity index is 2.74. The number of hydrogen-bond donors (Lipinski definition) is 1. The van der Waals surface area contributed by atoms with Crippen molar-refractivity contribution < 1.29 is 4.79 Å². The average molecular weight is 286 g/mol. The minimum atomic E-state index is -0.566. The molecule has 0 unspecified atom stereocenters. The molecule has 2 rings (SSSR count). The van der Waals surface area contributed by atoms with E-state index in [1.54, 1.807) is 30.4 Å². The highest BCUT2D eigenvalue weighted by atomic mass is 35.5. The number of allylic oxidation sites excluding steroid dienone is 4. The minimum Gasteiger partial charge on any atom is -0.354 e. The van der Waals surface area contributed by atoms with Crippen LogP contribution in [0.3, 0.4) is 0 Å². The summed E-state index contributed by atoms with van der Waals surface area (Å²) in [5.41, 5.74) is 2.09. The molecule has 20 heavy (non-hydrogen) atoms. The Labute approximate surface area is 120 Å². The van der Waals surface area contributed by atoms with Gasteiger partial charge in [-0.15, -0.1) is 0 Å². The SMILES string of the molecule is C=C/C=C(\C=C)c1cc(=O)c2ccc(C(=O)Cl)cc2[nH]1. The predicted molar refractivity (Wildman–Crippen MR) is 83.1 cm³/mol. The first kappa shape index (κ1) is 14.0. The van der Waals surface area contributed by atoms with Gasteiger partial charge in [0.25, 0.3) is 5.24 Å². The Hall–Kier alpha value is -2.39. The number of halogens is 1. The third-order valence-corrected chi connectivity index (χ3v) is 3.10. The molecule has 4 heteroatoms. The zero-order chi connectivity index (χ0) is 14.7. The van der Waals surface area contributed by atoms with Gasteiger partial charge in [0.1, 0.15) is 0 Å². The number of benzene rings is 1. The van der Waals surface area contributed by atoms with E-state index in [0.717, 1.165) is 5.57 Å². The van der Waals surface area contributed by atoms with Crippen LogP contribution in [0, 0.1) is 0 Å². The molecule has 0 spiro atoms. The van der Waals surface area contributed by atoms with Crippen LogP contribution < -0.4 is 5.43 Å². The van der Waals surface area contributed by atoms with Crippen LogP contribution in [0.25, 0.3) is 16.5 Å². The Morgan fingerprint density at radius 1 is 1.25 bits per heavy atom. The van der Waals surface area contributed by atoms with E-state index in [4.69, 9.17) is 11.6 Å². The number of nitrogens with one attached hydrogen (secondary N) is 1. The number of aromatic amines is 1. The van der Waals surface area contributed by atoms with Crippen molar-refractivity contribution in [3.63, 3.8) is 0 Å². The van der Waals surface area contributed by atoms with Crippen LogP contribution in [0.4, 0.5) is 0 Å². The summed E-state index contributed by atoms with van der Waals surface area (Å²) in [5.74, 6) is 0. The molecular formula is C16H12ClNO2. The largest absolute Gasteiger partial charge is 0.354 e. The van der Waals surface area contributed by atoms with Crippen LogP contribution in [0.1, 0.15) is 16.1 Å². The molecule has 1 aromatic carbocycles. The number of hydrogen-bond acceptors (Lipinski definition) is 2. The van der Waals surface area contributed by atoms with Crippen LogP contribution in [0.5, 0.6) is 0 Å². The Kier molecular flexibility index (Phi) is 4.01. The summed E-state index contributed by atoms with van der Waals surface area (Å²) >= 11 is 5.45. The molecule has 100 valence electrons. The summed E-state index contributed by atoms with van der Waals surface area (Å²) < 4.78 is 0. The van der Waals surface area contributed by atoms with Gasteiger partial charge in [-0.1, -0.05) is 31.4 Å². The van der Waals surface area contributed by atoms with Gasteiger partial charge in [-0.05, 0) is 35.4 Å². The van der Waals surface area contributed by atoms with Crippen molar-refractivity contribution in [1.82, 2.24) is 4.98 Å². The smallest absolute Gasteiger partial charge is 0.252 e. The third kappa shape index (κ3) is 2.63. The summed E-state index contributed by atoms with van der Waals surface area (Å²) in [7, 11) is 0. The van der Waals surface area contributed by atoms with Gasteiger partial charge in [0.2, 0.25) is 0 Å². The average Bonchev–Trinajstić information content (AvgIpc) is 2.43. The number of carbonyl (C=O) groups is 1. The Morgan fingerprint density at radius 3 is 2.60 bits per heavy atom. The zero-order valence-electron chi connectivity index (χ0n) is 10.7. The number of rotatable bonds is 4. The Bertz CT molecular complexity index is 800. The highest BCUT2D eigenvalue weighted by Gasteiger charge is 2.07. The van der Waals surface area contributed by atoms with Crippen LogP contribution in [0.2, 0.25) is 0 Å². The van der Waals surface area contributed by atoms with Gasteiger partial charge >= 0.3 is 0 Å². The van der Waals surface area contributed by atoms with Crippen molar-refractivity contribution in [2.24, 2.45) is 0 Å². The summed E-state index contributed by atoms with van der Waals surface area (Å²) in [5, 5.41) is -0.0684. The van der Waals surface area contributed by atoms with E-state index in [1.165, 1.54) is 12.1 Å². The van der Waals surface area contributed by atoms with Crippen LogP contribution in [-0.4, -0.2) is 10.2 Å². The molecule has 0 amide bonds. The summed E-state index contributed by atoms with van der Waals surface area (Å²) in [6, 6.07) is 6.16.